The summed E-state index contributed by atoms with van der Waals surface area (Å²) in [5.41, 5.74) is 3.73. The third-order valence-corrected chi connectivity index (χ3v) is 6.28. The summed E-state index contributed by atoms with van der Waals surface area (Å²) >= 11 is 0. The molecule has 1 nitrogen and oxygen atoms in total. The molecule has 23 heavy (non-hydrogen) atoms. The molecule has 2 rings (SSSR count). The number of nitrogens with zero attached hydrogens (tertiary/aromatic N) is 1. The zero-order valence-corrected chi connectivity index (χ0v) is 16.7. The van der Waals surface area contributed by atoms with Crippen LogP contribution in [0, 0.1) is 16.7 Å². The van der Waals surface area contributed by atoms with Gasteiger partial charge in [-0.3, -0.25) is 4.90 Å². The molecule has 0 bridgehead atoms. The van der Waals surface area contributed by atoms with Crippen LogP contribution in [0.2, 0.25) is 0 Å². The lowest BCUT2D eigenvalue weighted by Gasteiger charge is -2.44. The Balaban J connectivity index is 2.25. The smallest absolute Gasteiger partial charge is 0.0245 e. The third-order valence-electron chi connectivity index (χ3n) is 6.28. The van der Waals surface area contributed by atoms with E-state index in [1.165, 1.54) is 24.0 Å². The number of hydrogen-bond acceptors (Lipinski definition) is 1. The normalized spacial score (nSPS) is 24.0. The number of hydrogen-bond donors (Lipinski definition) is 0. The predicted molar refractivity (Wildman–Crippen MR) is 103 cm³/mol. The third kappa shape index (κ3) is 3.65. The van der Waals surface area contributed by atoms with Gasteiger partial charge in [0.25, 0.3) is 0 Å². The first kappa shape index (κ1) is 18.5. The van der Waals surface area contributed by atoms with E-state index in [4.69, 9.17) is 0 Å². The van der Waals surface area contributed by atoms with Gasteiger partial charge in [-0.1, -0.05) is 58.9 Å². The average molecular weight is 316 g/mol. The second-order valence-electron chi connectivity index (χ2n) is 9.54. The molecule has 1 unspecified atom stereocenters. The van der Waals surface area contributed by atoms with Gasteiger partial charge in [0, 0.05) is 24.0 Å². The van der Waals surface area contributed by atoms with Crippen molar-refractivity contribution in [1.82, 2.24) is 4.90 Å². The van der Waals surface area contributed by atoms with Gasteiger partial charge in [-0.05, 0) is 56.1 Å². The fourth-order valence-corrected chi connectivity index (χ4v) is 4.12. The molecule has 2 aliphatic rings. The van der Waals surface area contributed by atoms with Gasteiger partial charge >= 0.3 is 0 Å². The quantitative estimate of drug-likeness (QED) is 0.615. The minimum absolute atomic E-state index is 0.142. The summed E-state index contributed by atoms with van der Waals surface area (Å²) in [6, 6.07) is 0. The van der Waals surface area contributed by atoms with E-state index in [0.29, 0.717) is 5.41 Å². The van der Waals surface area contributed by atoms with Crippen molar-refractivity contribution in [1.29, 1.82) is 0 Å². The van der Waals surface area contributed by atoms with Crippen molar-refractivity contribution in [3.8, 4) is 0 Å². The van der Waals surface area contributed by atoms with Crippen LogP contribution in [0.1, 0.15) is 68.2 Å². The minimum Gasteiger partial charge on any atom is -0.290 e. The van der Waals surface area contributed by atoms with Crippen LogP contribution in [-0.4, -0.2) is 23.5 Å². The van der Waals surface area contributed by atoms with Crippen molar-refractivity contribution in [2.24, 2.45) is 16.7 Å². The summed E-state index contributed by atoms with van der Waals surface area (Å²) < 4.78 is 0. The van der Waals surface area contributed by atoms with E-state index in [1.54, 1.807) is 0 Å². The molecule has 0 saturated carbocycles. The van der Waals surface area contributed by atoms with Crippen molar-refractivity contribution in [2.75, 3.05) is 13.1 Å². The second kappa shape index (κ2) is 6.24. The summed E-state index contributed by atoms with van der Waals surface area (Å²) in [6.07, 6.45) is 12.3. The van der Waals surface area contributed by atoms with Crippen LogP contribution in [0.5, 0.6) is 0 Å². The van der Waals surface area contributed by atoms with Crippen molar-refractivity contribution in [2.45, 2.75) is 73.8 Å². The van der Waals surface area contributed by atoms with Gasteiger partial charge < -0.3 is 0 Å². The number of rotatable bonds is 4. The molecule has 1 atom stereocenters. The topological polar surface area (TPSA) is 3.24 Å². The van der Waals surface area contributed by atoms with Crippen LogP contribution in [0.15, 0.2) is 35.5 Å². The number of allylic oxidation sites excluding steroid dienone is 2. The SMILES string of the molecule is CCC(C)(CC(C)C)C1(C)C=CC2=C(C=C1)CN(C(C)(C)C)C2. The van der Waals surface area contributed by atoms with Crippen LogP contribution in [0.3, 0.4) is 0 Å². The van der Waals surface area contributed by atoms with E-state index in [-0.39, 0.29) is 11.0 Å². The Morgan fingerprint density at radius 3 is 1.87 bits per heavy atom. The van der Waals surface area contributed by atoms with Gasteiger partial charge in [0.05, 0.1) is 0 Å². The van der Waals surface area contributed by atoms with Crippen LogP contribution in [0.4, 0.5) is 0 Å². The molecule has 1 aliphatic heterocycles. The summed E-state index contributed by atoms with van der Waals surface area (Å²) in [7, 11) is 0. The molecular formula is C22H37N. The average Bonchev–Trinajstić information content (AvgIpc) is 2.78. The Kier molecular flexibility index (Phi) is 5.02. The maximum Gasteiger partial charge on any atom is 0.0245 e. The Hall–Kier alpha value is -0.820. The molecular weight excluding hydrogens is 278 g/mol. The predicted octanol–water partition coefficient (Wildman–Crippen LogP) is 5.99. The Bertz CT molecular complexity index is 501. The first-order valence-corrected chi connectivity index (χ1v) is 9.36. The highest BCUT2D eigenvalue weighted by molar-refractivity contribution is 5.44. The summed E-state index contributed by atoms with van der Waals surface area (Å²) in [6.45, 7) is 21.1. The molecule has 0 radical (unpaired) electrons. The lowest BCUT2D eigenvalue weighted by atomic mass is 9.60. The molecule has 0 N–H and O–H groups in total. The molecule has 0 aromatic heterocycles. The van der Waals surface area contributed by atoms with Gasteiger partial charge in [-0.15, -0.1) is 0 Å². The summed E-state index contributed by atoms with van der Waals surface area (Å²) in [5, 5.41) is 0. The van der Waals surface area contributed by atoms with Crippen molar-refractivity contribution < 1.29 is 0 Å². The first-order chi connectivity index (χ1) is 10.5. The Labute approximate surface area is 144 Å². The van der Waals surface area contributed by atoms with E-state index in [9.17, 15) is 0 Å². The fraction of sp³-hybridized carbons (Fsp3) is 0.727. The van der Waals surface area contributed by atoms with Crippen molar-refractivity contribution in [3.63, 3.8) is 0 Å². The molecule has 0 amide bonds. The summed E-state index contributed by atoms with van der Waals surface area (Å²) in [4.78, 5) is 2.57. The standard InChI is InChI=1S/C22H37N/c1-9-21(7,14-17(2)3)22(8)12-10-18-15-23(20(4,5)6)16-19(18)11-13-22/h10-13,17H,9,14-16H2,1-8H3. The van der Waals surface area contributed by atoms with Gasteiger partial charge in [-0.25, -0.2) is 0 Å². The Morgan fingerprint density at radius 2 is 1.52 bits per heavy atom. The fourth-order valence-electron chi connectivity index (χ4n) is 4.12. The molecule has 0 saturated heterocycles. The molecule has 1 heteroatoms. The molecule has 0 fully saturated rings. The zero-order valence-electron chi connectivity index (χ0n) is 16.7. The van der Waals surface area contributed by atoms with Crippen LogP contribution >= 0.6 is 0 Å². The zero-order chi connectivity index (χ0) is 17.5. The van der Waals surface area contributed by atoms with Gasteiger partial charge in [0.1, 0.15) is 0 Å². The van der Waals surface area contributed by atoms with Crippen LogP contribution < -0.4 is 0 Å². The van der Waals surface area contributed by atoms with Gasteiger partial charge in [0.2, 0.25) is 0 Å². The van der Waals surface area contributed by atoms with E-state index in [0.717, 1.165) is 19.0 Å². The second-order valence-corrected chi connectivity index (χ2v) is 9.54. The van der Waals surface area contributed by atoms with E-state index in [2.05, 4.69) is 84.6 Å². The molecule has 130 valence electrons. The van der Waals surface area contributed by atoms with Crippen LogP contribution in [0.25, 0.3) is 0 Å². The maximum atomic E-state index is 2.57. The largest absolute Gasteiger partial charge is 0.290 e. The van der Waals surface area contributed by atoms with E-state index >= 15 is 0 Å². The van der Waals surface area contributed by atoms with Crippen molar-refractivity contribution >= 4 is 0 Å². The van der Waals surface area contributed by atoms with E-state index < -0.39 is 0 Å². The highest BCUT2D eigenvalue weighted by Gasteiger charge is 2.41. The maximum absolute atomic E-state index is 2.57. The highest BCUT2D eigenvalue weighted by Crippen LogP contribution is 2.50. The monoisotopic (exact) mass is 315 g/mol. The Morgan fingerprint density at radius 1 is 1.04 bits per heavy atom. The van der Waals surface area contributed by atoms with Gasteiger partial charge in [-0.2, -0.15) is 0 Å². The van der Waals surface area contributed by atoms with E-state index in [1.807, 2.05) is 0 Å². The summed E-state index contributed by atoms with van der Waals surface area (Å²) in [5.74, 6) is 0.734. The lowest BCUT2D eigenvalue weighted by Crippen LogP contribution is -2.40. The first-order valence-electron chi connectivity index (χ1n) is 9.36. The highest BCUT2D eigenvalue weighted by atomic mass is 15.2. The van der Waals surface area contributed by atoms with Crippen molar-refractivity contribution in [3.05, 3.63) is 35.5 Å². The molecule has 0 aromatic carbocycles. The lowest BCUT2D eigenvalue weighted by molar-refractivity contribution is 0.125. The molecule has 1 aliphatic carbocycles. The van der Waals surface area contributed by atoms with Crippen LogP contribution in [-0.2, 0) is 0 Å². The van der Waals surface area contributed by atoms with Gasteiger partial charge in [0.15, 0.2) is 0 Å². The minimum atomic E-state index is 0.142. The molecule has 0 spiro atoms. The molecule has 1 heterocycles. The molecule has 0 aromatic rings.